The SMILES string of the molecule is C1=c2cn[nH]c2=CC2CC12. The Hall–Kier alpha value is -1.05. The number of hydrogen-bond acceptors (Lipinski definition) is 1. The maximum Gasteiger partial charge on any atom is 0.0610 e. The molecule has 1 saturated carbocycles. The van der Waals surface area contributed by atoms with Crippen LogP contribution in [-0.4, -0.2) is 10.2 Å². The van der Waals surface area contributed by atoms with Gasteiger partial charge in [0.05, 0.1) is 11.5 Å². The lowest BCUT2D eigenvalue weighted by molar-refractivity contribution is 1.02. The van der Waals surface area contributed by atoms with E-state index < -0.39 is 0 Å². The van der Waals surface area contributed by atoms with Gasteiger partial charge in [0.15, 0.2) is 0 Å². The fraction of sp³-hybridized carbons (Fsp3) is 0.375. The lowest BCUT2D eigenvalue weighted by Gasteiger charge is -1.89. The summed E-state index contributed by atoms with van der Waals surface area (Å²) in [5.74, 6) is 1.66. The Balaban J connectivity index is 2.46. The fourth-order valence-corrected chi connectivity index (χ4v) is 1.64. The molecule has 2 nitrogen and oxygen atoms in total. The predicted octanol–water partition coefficient (Wildman–Crippen LogP) is -0.380. The van der Waals surface area contributed by atoms with Crippen LogP contribution in [0.2, 0.25) is 0 Å². The van der Waals surface area contributed by atoms with Gasteiger partial charge in [-0.05, 0) is 18.3 Å². The molecule has 50 valence electrons. The average Bonchev–Trinajstić information content (AvgIpc) is 2.52. The summed E-state index contributed by atoms with van der Waals surface area (Å²) in [5, 5.41) is 9.46. The maximum absolute atomic E-state index is 3.97. The molecule has 1 aromatic rings. The van der Waals surface area contributed by atoms with Gasteiger partial charge >= 0.3 is 0 Å². The number of nitrogens with zero attached hydrogens (tertiary/aromatic N) is 1. The van der Waals surface area contributed by atoms with Crippen LogP contribution < -0.4 is 10.6 Å². The van der Waals surface area contributed by atoms with E-state index in [1.807, 2.05) is 6.20 Å². The summed E-state index contributed by atoms with van der Waals surface area (Å²) in [6.07, 6.45) is 7.87. The van der Waals surface area contributed by atoms with Crippen LogP contribution in [0.4, 0.5) is 0 Å². The van der Waals surface area contributed by atoms with Crippen molar-refractivity contribution in [2.75, 3.05) is 0 Å². The number of H-pyrrole nitrogens is 1. The molecule has 2 atom stereocenters. The molecule has 0 saturated heterocycles. The molecule has 0 aliphatic heterocycles. The quantitative estimate of drug-likeness (QED) is 0.512. The van der Waals surface area contributed by atoms with E-state index in [1.165, 1.54) is 17.0 Å². The molecule has 0 aromatic carbocycles. The van der Waals surface area contributed by atoms with Crippen LogP contribution in [0.1, 0.15) is 6.42 Å². The van der Waals surface area contributed by atoms with Crippen LogP contribution in [0, 0.1) is 11.8 Å². The first-order valence-corrected chi connectivity index (χ1v) is 3.66. The normalized spacial score (nSPS) is 33.2. The molecular weight excluding hydrogens is 124 g/mol. The molecule has 1 fully saturated rings. The van der Waals surface area contributed by atoms with Gasteiger partial charge in [-0.15, -0.1) is 0 Å². The van der Waals surface area contributed by atoms with Crippen LogP contribution in [0.25, 0.3) is 12.2 Å². The minimum Gasteiger partial charge on any atom is -0.278 e. The van der Waals surface area contributed by atoms with Gasteiger partial charge in [0, 0.05) is 5.22 Å². The van der Waals surface area contributed by atoms with Gasteiger partial charge in [0.25, 0.3) is 0 Å². The maximum atomic E-state index is 3.97. The number of nitrogens with one attached hydrogen (secondary N) is 1. The smallest absolute Gasteiger partial charge is 0.0610 e. The summed E-state index contributed by atoms with van der Waals surface area (Å²) in [6.45, 7) is 0. The molecule has 0 spiro atoms. The Morgan fingerprint density at radius 2 is 2.30 bits per heavy atom. The lowest BCUT2D eigenvalue weighted by Crippen LogP contribution is -2.24. The fourth-order valence-electron chi connectivity index (χ4n) is 1.64. The zero-order chi connectivity index (χ0) is 6.55. The van der Waals surface area contributed by atoms with E-state index in [0.717, 1.165) is 11.8 Å². The van der Waals surface area contributed by atoms with Crippen LogP contribution in [0.5, 0.6) is 0 Å². The number of rotatable bonds is 0. The third-order valence-corrected chi connectivity index (χ3v) is 2.37. The second-order valence-electron chi connectivity index (χ2n) is 3.14. The first kappa shape index (κ1) is 4.72. The van der Waals surface area contributed by atoms with Gasteiger partial charge in [0.1, 0.15) is 0 Å². The largest absolute Gasteiger partial charge is 0.278 e. The summed E-state index contributed by atoms with van der Waals surface area (Å²) in [6, 6.07) is 0. The first-order chi connectivity index (χ1) is 4.93. The van der Waals surface area contributed by atoms with Crippen molar-refractivity contribution in [3.05, 3.63) is 16.8 Å². The van der Waals surface area contributed by atoms with Gasteiger partial charge in [-0.3, -0.25) is 5.10 Å². The Bertz CT molecular complexity index is 340. The summed E-state index contributed by atoms with van der Waals surface area (Å²) in [4.78, 5) is 0. The van der Waals surface area contributed by atoms with E-state index >= 15 is 0 Å². The molecule has 1 heterocycles. The molecule has 0 bridgehead atoms. The summed E-state index contributed by atoms with van der Waals surface area (Å²) in [7, 11) is 0. The number of aromatic amines is 1. The molecule has 3 rings (SSSR count). The second-order valence-corrected chi connectivity index (χ2v) is 3.14. The molecule has 1 N–H and O–H groups in total. The number of hydrogen-bond donors (Lipinski definition) is 1. The molecule has 10 heavy (non-hydrogen) atoms. The molecule has 0 amide bonds. The van der Waals surface area contributed by atoms with Crippen LogP contribution in [-0.2, 0) is 0 Å². The highest BCUT2D eigenvalue weighted by molar-refractivity contribution is 5.47. The van der Waals surface area contributed by atoms with Crippen molar-refractivity contribution in [2.24, 2.45) is 11.8 Å². The molecule has 2 unspecified atom stereocenters. The van der Waals surface area contributed by atoms with Crippen LogP contribution in [0.15, 0.2) is 6.20 Å². The van der Waals surface area contributed by atoms with Gasteiger partial charge in [-0.25, -0.2) is 0 Å². The predicted molar refractivity (Wildman–Crippen MR) is 38.4 cm³/mol. The average molecular weight is 132 g/mol. The Labute approximate surface area is 58.3 Å². The van der Waals surface area contributed by atoms with Crippen molar-refractivity contribution in [3.8, 4) is 0 Å². The van der Waals surface area contributed by atoms with E-state index in [4.69, 9.17) is 0 Å². The van der Waals surface area contributed by atoms with Gasteiger partial charge in [-0.1, -0.05) is 12.2 Å². The molecule has 2 heteroatoms. The van der Waals surface area contributed by atoms with Crippen molar-refractivity contribution in [2.45, 2.75) is 6.42 Å². The Morgan fingerprint density at radius 3 is 3.30 bits per heavy atom. The highest BCUT2D eigenvalue weighted by Crippen LogP contribution is 2.41. The van der Waals surface area contributed by atoms with E-state index in [2.05, 4.69) is 22.3 Å². The summed E-state index contributed by atoms with van der Waals surface area (Å²) in [5.41, 5.74) is 0. The van der Waals surface area contributed by atoms with Crippen molar-refractivity contribution in [1.29, 1.82) is 0 Å². The zero-order valence-corrected chi connectivity index (χ0v) is 5.54. The van der Waals surface area contributed by atoms with Crippen molar-refractivity contribution >= 4 is 12.2 Å². The van der Waals surface area contributed by atoms with Crippen molar-refractivity contribution < 1.29 is 0 Å². The van der Waals surface area contributed by atoms with Crippen molar-refractivity contribution in [1.82, 2.24) is 10.2 Å². The van der Waals surface area contributed by atoms with Crippen LogP contribution in [0.3, 0.4) is 0 Å². The number of aromatic nitrogens is 2. The first-order valence-electron chi connectivity index (χ1n) is 3.66. The van der Waals surface area contributed by atoms with Crippen LogP contribution >= 0.6 is 0 Å². The molecule has 0 radical (unpaired) electrons. The van der Waals surface area contributed by atoms with Gasteiger partial charge < -0.3 is 0 Å². The molecule has 1 aromatic heterocycles. The minimum atomic E-state index is 0.827. The summed E-state index contributed by atoms with van der Waals surface area (Å²) < 4.78 is 0. The second kappa shape index (κ2) is 1.34. The van der Waals surface area contributed by atoms with Gasteiger partial charge in [0.2, 0.25) is 0 Å². The topological polar surface area (TPSA) is 28.7 Å². The van der Waals surface area contributed by atoms with Gasteiger partial charge in [-0.2, -0.15) is 5.10 Å². The zero-order valence-electron chi connectivity index (χ0n) is 5.54. The highest BCUT2D eigenvalue weighted by Gasteiger charge is 2.34. The van der Waals surface area contributed by atoms with Crippen molar-refractivity contribution in [3.63, 3.8) is 0 Å². The van der Waals surface area contributed by atoms with E-state index in [-0.39, 0.29) is 0 Å². The third-order valence-electron chi connectivity index (χ3n) is 2.37. The summed E-state index contributed by atoms with van der Waals surface area (Å²) >= 11 is 0. The Morgan fingerprint density at radius 1 is 1.40 bits per heavy atom. The standard InChI is InChI=1S/C8H8N2/c1-5-2-7-4-9-10-8(7)3-6(1)5/h2-6,10H,1H2. The monoisotopic (exact) mass is 132 g/mol. The molecular formula is C8H8N2. The Kier molecular flexibility index (Phi) is 0.631. The molecule has 2 aliphatic rings. The third kappa shape index (κ3) is 0.467. The molecule has 2 aliphatic carbocycles. The van der Waals surface area contributed by atoms with E-state index in [0.29, 0.717) is 0 Å². The number of fused-ring (bicyclic) bond motifs is 2. The highest BCUT2D eigenvalue weighted by atomic mass is 15.1. The van der Waals surface area contributed by atoms with E-state index in [1.54, 1.807) is 0 Å². The van der Waals surface area contributed by atoms with E-state index in [9.17, 15) is 0 Å². The minimum absolute atomic E-state index is 0.827. The lowest BCUT2D eigenvalue weighted by atomic mass is 10.2.